The van der Waals surface area contributed by atoms with Gasteiger partial charge in [0.05, 0.1) is 24.1 Å². The number of halogens is 1. The quantitative estimate of drug-likeness (QED) is 0.792. The first-order chi connectivity index (χ1) is 12.0. The van der Waals surface area contributed by atoms with E-state index in [9.17, 15) is 9.59 Å². The Balaban J connectivity index is 2.00. The molecular weight excluding hydrogens is 344 g/mol. The Morgan fingerprint density at radius 1 is 1.20 bits per heavy atom. The maximum Gasteiger partial charge on any atom is 0.305 e. The molecule has 1 unspecified atom stereocenters. The van der Waals surface area contributed by atoms with E-state index in [-0.39, 0.29) is 13.0 Å². The zero-order valence-corrected chi connectivity index (χ0v) is 13.9. The van der Waals surface area contributed by atoms with E-state index in [4.69, 9.17) is 26.7 Å². The van der Waals surface area contributed by atoms with Crippen LogP contribution in [0.3, 0.4) is 0 Å². The zero-order valence-electron chi connectivity index (χ0n) is 13.1. The van der Waals surface area contributed by atoms with Crippen molar-refractivity contribution in [1.82, 2.24) is 5.32 Å². The van der Waals surface area contributed by atoms with Crippen molar-refractivity contribution < 1.29 is 19.4 Å². The molecule has 0 radical (unpaired) electrons. The van der Waals surface area contributed by atoms with Gasteiger partial charge >= 0.3 is 5.97 Å². The van der Waals surface area contributed by atoms with E-state index in [1.807, 2.05) is 6.07 Å². The van der Waals surface area contributed by atoms with Crippen LogP contribution in [-0.4, -0.2) is 23.6 Å². The highest BCUT2D eigenvalue weighted by Gasteiger charge is 2.20. The van der Waals surface area contributed by atoms with Gasteiger partial charge in [0.25, 0.3) is 5.91 Å². The van der Waals surface area contributed by atoms with Crippen molar-refractivity contribution in [3.63, 3.8) is 0 Å². The van der Waals surface area contributed by atoms with E-state index < -0.39 is 17.9 Å². The minimum Gasteiger partial charge on any atom is -0.484 e. The number of carboxylic acids is 1. The number of benzene rings is 2. The van der Waals surface area contributed by atoms with Crippen LogP contribution in [0.2, 0.25) is 5.02 Å². The molecule has 6 nitrogen and oxygen atoms in total. The highest BCUT2D eigenvalue weighted by molar-refractivity contribution is 6.31. The lowest BCUT2D eigenvalue weighted by Crippen LogP contribution is -2.34. The largest absolute Gasteiger partial charge is 0.484 e. The van der Waals surface area contributed by atoms with Crippen molar-refractivity contribution in [2.75, 3.05) is 6.61 Å². The summed E-state index contributed by atoms with van der Waals surface area (Å²) in [7, 11) is 0. The van der Waals surface area contributed by atoms with E-state index in [1.165, 1.54) is 0 Å². The summed E-state index contributed by atoms with van der Waals surface area (Å²) in [5.41, 5.74) is 1.01. The fourth-order valence-electron chi connectivity index (χ4n) is 2.18. The Morgan fingerprint density at radius 2 is 1.88 bits per heavy atom. The van der Waals surface area contributed by atoms with Crippen molar-refractivity contribution in [1.29, 1.82) is 5.26 Å². The van der Waals surface area contributed by atoms with Crippen molar-refractivity contribution in [3.05, 3.63) is 64.7 Å². The lowest BCUT2D eigenvalue weighted by atomic mass is 10.0. The van der Waals surface area contributed by atoms with Gasteiger partial charge < -0.3 is 15.2 Å². The normalized spacial score (nSPS) is 11.2. The van der Waals surface area contributed by atoms with Crippen LogP contribution in [0.5, 0.6) is 5.75 Å². The van der Waals surface area contributed by atoms with Gasteiger partial charge in [0.1, 0.15) is 5.75 Å². The summed E-state index contributed by atoms with van der Waals surface area (Å²) >= 11 is 6.09. The molecule has 0 aliphatic heterocycles. The number of hydrogen-bond acceptors (Lipinski definition) is 4. The van der Waals surface area contributed by atoms with Crippen LogP contribution in [0.4, 0.5) is 0 Å². The van der Waals surface area contributed by atoms with Gasteiger partial charge in [-0.2, -0.15) is 5.26 Å². The lowest BCUT2D eigenvalue weighted by Gasteiger charge is -2.18. The molecule has 0 aromatic heterocycles. The van der Waals surface area contributed by atoms with Gasteiger partial charge in [-0.05, 0) is 35.9 Å². The lowest BCUT2D eigenvalue weighted by molar-refractivity contribution is -0.137. The number of nitrogens with one attached hydrogen (secondary N) is 1. The smallest absolute Gasteiger partial charge is 0.305 e. The summed E-state index contributed by atoms with van der Waals surface area (Å²) in [5, 5.41) is 20.8. The number of nitriles is 1. The third-order valence-corrected chi connectivity index (χ3v) is 3.69. The van der Waals surface area contributed by atoms with Gasteiger partial charge in [-0.1, -0.05) is 29.8 Å². The number of rotatable bonds is 7. The molecule has 0 aliphatic carbocycles. The van der Waals surface area contributed by atoms with E-state index in [2.05, 4.69) is 5.32 Å². The molecule has 1 amide bonds. The monoisotopic (exact) mass is 358 g/mol. The Labute approximate surface area is 149 Å². The number of hydrogen-bond donors (Lipinski definition) is 2. The summed E-state index contributed by atoms with van der Waals surface area (Å²) in [6, 6.07) is 14.3. The zero-order chi connectivity index (χ0) is 18.2. The maximum atomic E-state index is 12.1. The van der Waals surface area contributed by atoms with Gasteiger partial charge in [0, 0.05) is 5.02 Å². The van der Waals surface area contributed by atoms with Gasteiger partial charge in [0.2, 0.25) is 0 Å². The predicted molar refractivity (Wildman–Crippen MR) is 91.2 cm³/mol. The van der Waals surface area contributed by atoms with E-state index in [0.29, 0.717) is 21.9 Å². The molecule has 2 aromatic carbocycles. The summed E-state index contributed by atoms with van der Waals surface area (Å²) in [4.78, 5) is 23.2. The van der Waals surface area contributed by atoms with E-state index >= 15 is 0 Å². The number of aliphatic carboxylic acids is 1. The first kappa shape index (κ1) is 18.3. The number of carbonyl (C=O) groups excluding carboxylic acids is 1. The molecule has 7 heteroatoms. The standard InChI is InChI=1S/C18H15ClN2O4/c19-15-4-2-1-3-14(15)16(9-18(23)24)21-17(22)11-25-13-7-5-12(10-20)6-8-13/h1-8,16H,9,11H2,(H,21,22)(H,23,24). The van der Waals surface area contributed by atoms with Crippen LogP contribution in [-0.2, 0) is 9.59 Å². The molecule has 25 heavy (non-hydrogen) atoms. The molecule has 128 valence electrons. The second-order valence-corrected chi connectivity index (χ2v) is 5.57. The van der Waals surface area contributed by atoms with Crippen LogP contribution in [0.15, 0.2) is 48.5 Å². The minimum absolute atomic E-state index is 0.285. The second-order valence-electron chi connectivity index (χ2n) is 5.16. The van der Waals surface area contributed by atoms with Crippen molar-refractivity contribution in [2.45, 2.75) is 12.5 Å². The number of ether oxygens (including phenoxy) is 1. The molecular formula is C18H15ClN2O4. The highest BCUT2D eigenvalue weighted by atomic mass is 35.5. The third kappa shape index (κ3) is 5.52. The van der Waals surface area contributed by atoms with Crippen LogP contribution in [0.25, 0.3) is 0 Å². The first-order valence-corrected chi connectivity index (χ1v) is 7.76. The fraction of sp³-hybridized carbons (Fsp3) is 0.167. The Bertz CT molecular complexity index is 799. The average Bonchev–Trinajstić information content (AvgIpc) is 2.60. The topological polar surface area (TPSA) is 99.4 Å². The number of carboxylic acid groups (broad SMARTS) is 1. The van der Waals surface area contributed by atoms with Crippen molar-refractivity contribution in [2.24, 2.45) is 0 Å². The van der Waals surface area contributed by atoms with Gasteiger partial charge in [-0.15, -0.1) is 0 Å². The number of nitrogens with zero attached hydrogens (tertiary/aromatic N) is 1. The predicted octanol–water partition coefficient (Wildman–Crippen LogP) is 2.92. The first-order valence-electron chi connectivity index (χ1n) is 7.38. The molecule has 0 saturated heterocycles. The van der Waals surface area contributed by atoms with Crippen LogP contribution < -0.4 is 10.1 Å². The minimum atomic E-state index is -1.06. The third-order valence-electron chi connectivity index (χ3n) is 3.35. The van der Waals surface area contributed by atoms with Crippen LogP contribution in [0.1, 0.15) is 23.6 Å². The Hall–Kier alpha value is -3.04. The maximum absolute atomic E-state index is 12.1. The van der Waals surface area contributed by atoms with Crippen molar-refractivity contribution in [3.8, 4) is 11.8 Å². The average molecular weight is 359 g/mol. The SMILES string of the molecule is N#Cc1ccc(OCC(=O)NC(CC(=O)O)c2ccccc2Cl)cc1. The summed E-state index contributed by atoms with van der Waals surface area (Å²) in [6.07, 6.45) is -0.299. The van der Waals surface area contributed by atoms with E-state index in [1.54, 1.807) is 48.5 Å². The summed E-state index contributed by atoms with van der Waals surface area (Å²) in [6.45, 7) is -0.285. The molecule has 2 aromatic rings. The Kier molecular flexibility index (Phi) is 6.38. The van der Waals surface area contributed by atoms with Crippen molar-refractivity contribution >= 4 is 23.5 Å². The molecule has 0 spiro atoms. The van der Waals surface area contributed by atoms with Crippen LogP contribution >= 0.6 is 11.6 Å². The highest BCUT2D eigenvalue weighted by Crippen LogP contribution is 2.25. The number of carbonyl (C=O) groups is 2. The van der Waals surface area contributed by atoms with Gasteiger partial charge in [-0.3, -0.25) is 9.59 Å². The summed E-state index contributed by atoms with van der Waals surface area (Å²) < 4.78 is 5.34. The van der Waals surface area contributed by atoms with Gasteiger partial charge in [0.15, 0.2) is 6.61 Å². The summed E-state index contributed by atoms with van der Waals surface area (Å²) in [5.74, 6) is -1.10. The molecule has 2 rings (SSSR count). The molecule has 0 heterocycles. The fourth-order valence-corrected chi connectivity index (χ4v) is 2.45. The Morgan fingerprint density at radius 3 is 2.48 bits per heavy atom. The molecule has 0 saturated carbocycles. The van der Waals surface area contributed by atoms with Crippen LogP contribution in [0, 0.1) is 11.3 Å². The second kappa shape index (κ2) is 8.71. The number of amides is 1. The molecule has 0 aliphatic rings. The van der Waals surface area contributed by atoms with E-state index in [0.717, 1.165) is 0 Å². The molecule has 0 bridgehead atoms. The molecule has 1 atom stereocenters. The molecule has 0 fully saturated rings. The van der Waals surface area contributed by atoms with Gasteiger partial charge in [-0.25, -0.2) is 0 Å². The molecule has 2 N–H and O–H groups in total.